The Balaban J connectivity index is 1.12. The number of aliphatic hydroxyl groups is 1. The molecule has 3 fully saturated rings. The number of ether oxygens (including phenoxy) is 1. The molecule has 4 heteroatoms. The van der Waals surface area contributed by atoms with Crippen molar-refractivity contribution >= 4 is 11.8 Å². The fourth-order valence-corrected chi connectivity index (χ4v) is 8.62. The Morgan fingerprint density at radius 1 is 0.902 bits per heavy atom. The van der Waals surface area contributed by atoms with Crippen LogP contribution < -0.4 is 0 Å². The molecular formula is C37H56O4. The lowest BCUT2D eigenvalue weighted by Gasteiger charge is -2.58. The van der Waals surface area contributed by atoms with Gasteiger partial charge in [0.05, 0.1) is 6.10 Å². The van der Waals surface area contributed by atoms with Crippen LogP contribution >= 0.6 is 0 Å². The van der Waals surface area contributed by atoms with Gasteiger partial charge >= 0.3 is 5.97 Å². The summed E-state index contributed by atoms with van der Waals surface area (Å²) in [6.07, 6.45) is 31.6. The molecule has 4 unspecified atom stereocenters. The van der Waals surface area contributed by atoms with Gasteiger partial charge in [-0.3, -0.25) is 9.59 Å². The van der Waals surface area contributed by atoms with Gasteiger partial charge < -0.3 is 9.84 Å². The minimum Gasteiger partial charge on any atom is -0.462 e. The summed E-state index contributed by atoms with van der Waals surface area (Å²) in [4.78, 5) is 25.3. The van der Waals surface area contributed by atoms with Gasteiger partial charge in [-0.15, -0.1) is 0 Å². The number of rotatable bonds is 14. The lowest BCUT2D eigenvalue weighted by molar-refractivity contribution is -0.152. The minimum absolute atomic E-state index is 0.0531. The lowest BCUT2D eigenvalue weighted by Crippen LogP contribution is -2.54. The van der Waals surface area contributed by atoms with E-state index in [1.807, 2.05) is 0 Å². The molecule has 228 valence electrons. The van der Waals surface area contributed by atoms with E-state index in [0.717, 1.165) is 77.0 Å². The quantitative estimate of drug-likeness (QED) is 0.130. The van der Waals surface area contributed by atoms with E-state index in [0.29, 0.717) is 30.5 Å². The summed E-state index contributed by atoms with van der Waals surface area (Å²) in [5.74, 6) is 1.25. The van der Waals surface area contributed by atoms with Gasteiger partial charge in [0.15, 0.2) is 0 Å². The van der Waals surface area contributed by atoms with Crippen LogP contribution in [0.4, 0.5) is 0 Å². The first kappa shape index (κ1) is 32.0. The number of carbonyl (C=O) groups is 2. The lowest BCUT2D eigenvalue weighted by atomic mass is 9.47. The molecule has 0 radical (unpaired) electrons. The Morgan fingerprint density at radius 2 is 1.56 bits per heavy atom. The van der Waals surface area contributed by atoms with Gasteiger partial charge in [0.25, 0.3) is 0 Å². The molecule has 0 aromatic carbocycles. The largest absolute Gasteiger partial charge is 0.462 e. The Bertz CT molecular complexity index is 1000. The van der Waals surface area contributed by atoms with Crippen LogP contribution in [-0.4, -0.2) is 29.1 Å². The first-order valence-electron chi connectivity index (χ1n) is 16.9. The average Bonchev–Trinajstić information content (AvgIpc) is 3.25. The van der Waals surface area contributed by atoms with E-state index in [-0.39, 0.29) is 28.8 Å². The van der Waals surface area contributed by atoms with E-state index in [4.69, 9.17) is 4.74 Å². The monoisotopic (exact) mass is 564 g/mol. The third-order valence-electron chi connectivity index (χ3n) is 11.1. The standard InChI is InChI=1S/C37H56O4/c1-4-5-6-7-8-9-10-11-12-13-14-15-16-17-18-19-34(40)41-29-22-24-36(2)28(26-29)27-32(38)35-30-20-21-33(39)37(30,3)25-23-31(35)36/h5-6,8-9,11-12,27,29-32,35,38H,4,7,10,13-26H2,1-3H3/b6-5+,9-8+,12-11-/t29-,30?,31?,32?,35?,36-,37-/m0/s1. The second-order valence-electron chi connectivity index (χ2n) is 13.8. The zero-order chi connectivity index (χ0) is 29.3. The predicted octanol–water partition coefficient (Wildman–Crippen LogP) is 8.99. The van der Waals surface area contributed by atoms with Crippen LogP contribution in [0.5, 0.6) is 0 Å². The minimum atomic E-state index is -0.488. The van der Waals surface area contributed by atoms with Gasteiger partial charge in [-0.1, -0.05) is 88.1 Å². The van der Waals surface area contributed by atoms with Gasteiger partial charge in [-0.25, -0.2) is 0 Å². The number of hydrogen-bond donors (Lipinski definition) is 1. The van der Waals surface area contributed by atoms with Gasteiger partial charge in [-0.2, -0.15) is 0 Å². The molecule has 1 N–H and O–H groups in total. The van der Waals surface area contributed by atoms with Crippen molar-refractivity contribution < 1.29 is 19.4 Å². The molecule has 4 nitrogen and oxygen atoms in total. The Labute approximate surface area is 249 Å². The maximum absolute atomic E-state index is 12.7. The number of allylic oxidation sites excluding steroid dienone is 6. The molecular weight excluding hydrogens is 508 g/mol. The number of esters is 1. The Morgan fingerprint density at radius 3 is 2.34 bits per heavy atom. The highest BCUT2D eigenvalue weighted by Gasteiger charge is 2.60. The summed E-state index contributed by atoms with van der Waals surface area (Å²) in [5, 5.41) is 11.3. The maximum atomic E-state index is 12.7. The number of aliphatic hydroxyl groups excluding tert-OH is 1. The number of ketones is 1. The van der Waals surface area contributed by atoms with E-state index >= 15 is 0 Å². The van der Waals surface area contributed by atoms with Crippen molar-refractivity contribution in [3.63, 3.8) is 0 Å². The molecule has 0 aliphatic heterocycles. The molecule has 4 aliphatic carbocycles. The topological polar surface area (TPSA) is 63.6 Å². The molecule has 4 rings (SSSR count). The van der Waals surface area contributed by atoms with Gasteiger partial charge in [0, 0.05) is 24.7 Å². The molecule has 3 saturated carbocycles. The third kappa shape index (κ3) is 7.72. The fraction of sp³-hybridized carbons (Fsp3) is 0.730. The molecule has 0 aromatic rings. The zero-order valence-corrected chi connectivity index (χ0v) is 26.1. The summed E-state index contributed by atoms with van der Waals surface area (Å²) >= 11 is 0. The highest BCUT2D eigenvalue weighted by atomic mass is 16.5. The van der Waals surface area contributed by atoms with E-state index in [9.17, 15) is 14.7 Å². The van der Waals surface area contributed by atoms with E-state index in [1.165, 1.54) is 24.8 Å². The molecule has 0 saturated heterocycles. The van der Waals surface area contributed by atoms with Crippen molar-refractivity contribution in [3.05, 3.63) is 48.1 Å². The molecule has 7 atom stereocenters. The van der Waals surface area contributed by atoms with E-state index in [1.54, 1.807) is 0 Å². The van der Waals surface area contributed by atoms with Crippen molar-refractivity contribution in [1.29, 1.82) is 0 Å². The number of Topliss-reactive ketones (excluding diaryl/α,β-unsaturated/α-hetero) is 1. The van der Waals surface area contributed by atoms with Crippen molar-refractivity contribution in [1.82, 2.24) is 0 Å². The summed E-state index contributed by atoms with van der Waals surface area (Å²) in [7, 11) is 0. The SMILES string of the molecule is CC/C=C/C/C=C/C/C=C\CCCCCCCC(=O)O[C@H]1CC[C@@]2(C)C(=CC(O)C3C2CC[C@]2(C)C(=O)CCC32)C1. The first-order valence-corrected chi connectivity index (χ1v) is 16.9. The third-order valence-corrected chi connectivity index (χ3v) is 11.1. The maximum Gasteiger partial charge on any atom is 0.306 e. The fourth-order valence-electron chi connectivity index (χ4n) is 8.62. The van der Waals surface area contributed by atoms with Crippen LogP contribution in [0.15, 0.2) is 48.1 Å². The van der Waals surface area contributed by atoms with Gasteiger partial charge in [-0.05, 0) is 93.8 Å². The predicted molar refractivity (Wildman–Crippen MR) is 167 cm³/mol. The number of fused-ring (bicyclic) bond motifs is 5. The van der Waals surface area contributed by atoms with Crippen LogP contribution in [0.3, 0.4) is 0 Å². The molecule has 0 aromatic heterocycles. The number of unbranched alkanes of at least 4 members (excludes halogenated alkanes) is 5. The van der Waals surface area contributed by atoms with E-state index < -0.39 is 6.10 Å². The zero-order valence-electron chi connectivity index (χ0n) is 26.1. The van der Waals surface area contributed by atoms with Crippen LogP contribution in [0.2, 0.25) is 0 Å². The van der Waals surface area contributed by atoms with Crippen LogP contribution in [0, 0.1) is 28.6 Å². The van der Waals surface area contributed by atoms with E-state index in [2.05, 4.69) is 63.3 Å². The number of hydrogen-bond acceptors (Lipinski definition) is 4. The molecule has 41 heavy (non-hydrogen) atoms. The molecule has 0 heterocycles. The number of carbonyl (C=O) groups excluding carboxylic acids is 2. The summed E-state index contributed by atoms with van der Waals surface area (Å²) in [5.41, 5.74) is 1.10. The highest BCUT2D eigenvalue weighted by Crippen LogP contribution is 2.64. The van der Waals surface area contributed by atoms with Crippen molar-refractivity contribution in [2.45, 2.75) is 142 Å². The van der Waals surface area contributed by atoms with Crippen LogP contribution in [0.25, 0.3) is 0 Å². The van der Waals surface area contributed by atoms with Gasteiger partial charge in [0.1, 0.15) is 11.9 Å². The Kier molecular flexibility index (Phi) is 11.7. The Hall–Kier alpha value is -1.94. The van der Waals surface area contributed by atoms with Crippen molar-refractivity contribution in [3.8, 4) is 0 Å². The second-order valence-corrected chi connectivity index (χ2v) is 13.8. The van der Waals surface area contributed by atoms with Crippen LogP contribution in [-0.2, 0) is 14.3 Å². The summed E-state index contributed by atoms with van der Waals surface area (Å²) in [6.45, 7) is 6.69. The van der Waals surface area contributed by atoms with Crippen LogP contribution in [0.1, 0.15) is 130 Å². The van der Waals surface area contributed by atoms with Crippen molar-refractivity contribution in [2.75, 3.05) is 0 Å². The normalized spacial score (nSPS) is 35.1. The van der Waals surface area contributed by atoms with Gasteiger partial charge in [0.2, 0.25) is 0 Å². The molecule has 4 aliphatic rings. The molecule has 0 spiro atoms. The second kappa shape index (κ2) is 15.0. The molecule has 0 amide bonds. The molecule has 0 bridgehead atoms. The summed E-state index contributed by atoms with van der Waals surface area (Å²) in [6, 6.07) is 0. The summed E-state index contributed by atoms with van der Waals surface area (Å²) < 4.78 is 5.95. The highest BCUT2D eigenvalue weighted by molar-refractivity contribution is 5.87. The smallest absolute Gasteiger partial charge is 0.306 e. The first-order chi connectivity index (χ1) is 19.8. The average molecular weight is 565 g/mol. The van der Waals surface area contributed by atoms with Crippen molar-refractivity contribution in [2.24, 2.45) is 28.6 Å².